The van der Waals surface area contributed by atoms with E-state index in [1.165, 1.54) is 36.8 Å². The molecule has 0 saturated heterocycles. The number of ether oxygens (including phenoxy) is 2. The third kappa shape index (κ3) is 17.3. The Morgan fingerprint density at radius 2 is 1.41 bits per heavy atom. The van der Waals surface area contributed by atoms with Gasteiger partial charge < -0.3 is 9.47 Å². The molecule has 0 bridgehead atoms. The van der Waals surface area contributed by atoms with Crippen LogP contribution in [0.2, 0.25) is 0 Å². The molecular formula is C33H63NO4S. The highest BCUT2D eigenvalue weighted by Crippen LogP contribution is 2.36. The van der Waals surface area contributed by atoms with E-state index in [-0.39, 0.29) is 11.3 Å². The zero-order valence-electron chi connectivity index (χ0n) is 27.7. The molecule has 0 spiro atoms. The maximum atomic E-state index is 11.1. The quantitative estimate of drug-likeness (QED) is 0.241. The molecule has 1 aromatic rings. The van der Waals surface area contributed by atoms with Crippen LogP contribution in [0.4, 0.5) is 0 Å². The summed E-state index contributed by atoms with van der Waals surface area (Å²) in [4.78, 5) is 0. The van der Waals surface area contributed by atoms with Gasteiger partial charge in [-0.2, -0.15) is 0 Å². The van der Waals surface area contributed by atoms with Gasteiger partial charge in [0.05, 0.1) is 18.5 Å². The average Bonchev–Trinajstić information content (AvgIpc) is 3.63. The lowest BCUT2D eigenvalue weighted by Crippen LogP contribution is -2.32. The Balaban J connectivity index is 0.000000660. The largest absolute Gasteiger partial charge is 0.496 e. The predicted octanol–water partition coefficient (Wildman–Crippen LogP) is 8.90. The van der Waals surface area contributed by atoms with Crippen molar-refractivity contribution in [1.29, 1.82) is 0 Å². The first kappa shape index (κ1) is 37.9. The van der Waals surface area contributed by atoms with Crippen LogP contribution in [-0.4, -0.2) is 39.5 Å². The van der Waals surface area contributed by atoms with Crippen LogP contribution in [0.1, 0.15) is 139 Å². The molecule has 0 heterocycles. The molecule has 0 aliphatic heterocycles. The second-order valence-electron chi connectivity index (χ2n) is 13.8. The standard InChI is InChI=1S/C19H32O2.C8H18.C6H13NO2S/c1-15(2)17-11-12-19(20-5)18(14-17)10-8-6-7-9-13-21-16(3)4;1-7(2,3)8(4,5)6;1-5(2)7-10(8,9)6-3-4-6/h11-12,14-16H,6-10,13H2,1-5H3;1-6H3;5-7H,3-4H2,1-2H3. The van der Waals surface area contributed by atoms with Gasteiger partial charge in [0, 0.05) is 12.6 Å². The molecule has 1 N–H and O–H groups in total. The molecule has 39 heavy (non-hydrogen) atoms. The van der Waals surface area contributed by atoms with Gasteiger partial charge in [-0.05, 0) is 93.7 Å². The van der Waals surface area contributed by atoms with E-state index in [1.807, 2.05) is 13.8 Å². The van der Waals surface area contributed by atoms with Crippen molar-refractivity contribution >= 4 is 10.0 Å². The summed E-state index contributed by atoms with van der Waals surface area (Å²) < 4.78 is 35.8. The van der Waals surface area contributed by atoms with Crippen molar-refractivity contribution in [2.45, 2.75) is 151 Å². The molecule has 1 aliphatic rings. The molecule has 0 radical (unpaired) electrons. The number of nitrogens with one attached hydrogen (secondary N) is 1. The zero-order valence-corrected chi connectivity index (χ0v) is 28.6. The Kier molecular flexibility index (Phi) is 17.1. The molecule has 5 nitrogen and oxygen atoms in total. The van der Waals surface area contributed by atoms with Crippen molar-refractivity contribution < 1.29 is 17.9 Å². The summed E-state index contributed by atoms with van der Waals surface area (Å²) in [5.74, 6) is 1.60. The van der Waals surface area contributed by atoms with Gasteiger partial charge in [-0.3, -0.25) is 0 Å². The van der Waals surface area contributed by atoms with Gasteiger partial charge in [0.25, 0.3) is 0 Å². The number of hydrogen-bond acceptors (Lipinski definition) is 4. The fourth-order valence-corrected chi connectivity index (χ4v) is 4.85. The van der Waals surface area contributed by atoms with Crippen LogP contribution in [-0.2, 0) is 21.2 Å². The van der Waals surface area contributed by atoms with Crippen molar-refractivity contribution in [3.05, 3.63) is 29.3 Å². The first-order valence-electron chi connectivity index (χ1n) is 15.1. The number of aryl methyl sites for hydroxylation is 1. The van der Waals surface area contributed by atoms with E-state index in [9.17, 15) is 8.42 Å². The van der Waals surface area contributed by atoms with Crippen LogP contribution in [0, 0.1) is 10.8 Å². The number of methoxy groups -OCH3 is 1. The van der Waals surface area contributed by atoms with E-state index in [0.29, 0.717) is 22.9 Å². The topological polar surface area (TPSA) is 64.6 Å². The monoisotopic (exact) mass is 569 g/mol. The lowest BCUT2D eigenvalue weighted by atomic mass is 9.71. The lowest BCUT2D eigenvalue weighted by Gasteiger charge is -2.34. The Morgan fingerprint density at radius 1 is 0.872 bits per heavy atom. The highest BCUT2D eigenvalue weighted by molar-refractivity contribution is 7.90. The normalized spacial score (nSPS) is 14.2. The molecule has 1 aromatic carbocycles. The van der Waals surface area contributed by atoms with Gasteiger partial charge >= 0.3 is 0 Å². The van der Waals surface area contributed by atoms with Crippen molar-refractivity contribution in [2.24, 2.45) is 10.8 Å². The minimum atomic E-state index is -2.94. The summed E-state index contributed by atoms with van der Waals surface area (Å²) >= 11 is 0. The number of benzene rings is 1. The molecule has 6 heteroatoms. The number of sulfonamides is 1. The Morgan fingerprint density at radius 3 is 1.82 bits per heavy atom. The fraction of sp³-hybridized carbons (Fsp3) is 0.818. The Labute approximate surface area is 243 Å². The van der Waals surface area contributed by atoms with Crippen LogP contribution < -0.4 is 9.46 Å². The third-order valence-electron chi connectivity index (χ3n) is 7.38. The molecule has 0 amide bonds. The molecule has 0 unspecified atom stereocenters. The fourth-order valence-electron chi connectivity index (χ4n) is 3.25. The highest BCUT2D eigenvalue weighted by atomic mass is 32.2. The van der Waals surface area contributed by atoms with E-state index in [4.69, 9.17) is 9.47 Å². The van der Waals surface area contributed by atoms with E-state index in [2.05, 4.69) is 92.2 Å². The van der Waals surface area contributed by atoms with Crippen molar-refractivity contribution in [3.8, 4) is 5.75 Å². The van der Waals surface area contributed by atoms with Crippen LogP contribution in [0.5, 0.6) is 5.75 Å². The van der Waals surface area contributed by atoms with E-state index in [0.717, 1.165) is 31.6 Å². The molecule has 2 rings (SSSR count). The Hall–Kier alpha value is -1.11. The SMILES string of the molecule is CC(C)(C)C(C)(C)C.CC(C)NS(=O)(=O)C1CC1.COc1ccc(C(C)C)cc1CCCCCCOC(C)C. The first-order chi connectivity index (χ1) is 17.8. The number of hydrogen-bond donors (Lipinski definition) is 1. The van der Waals surface area contributed by atoms with Crippen molar-refractivity contribution in [3.63, 3.8) is 0 Å². The summed E-state index contributed by atoms with van der Waals surface area (Å²) in [6.45, 7) is 26.8. The summed E-state index contributed by atoms with van der Waals surface area (Å²) in [7, 11) is -1.18. The molecule has 1 fully saturated rings. The second kappa shape index (κ2) is 17.6. The molecule has 1 saturated carbocycles. The lowest BCUT2D eigenvalue weighted by molar-refractivity contribution is 0.0757. The summed E-state index contributed by atoms with van der Waals surface area (Å²) in [5, 5.41) is -0.0881. The molecular weight excluding hydrogens is 506 g/mol. The van der Waals surface area contributed by atoms with Crippen LogP contribution in [0.15, 0.2) is 18.2 Å². The van der Waals surface area contributed by atoms with Gasteiger partial charge in [0.15, 0.2) is 0 Å². The van der Waals surface area contributed by atoms with Crippen LogP contribution in [0.3, 0.4) is 0 Å². The van der Waals surface area contributed by atoms with E-state index >= 15 is 0 Å². The minimum Gasteiger partial charge on any atom is -0.496 e. The second-order valence-corrected chi connectivity index (χ2v) is 15.8. The average molecular weight is 570 g/mol. The van der Waals surface area contributed by atoms with Crippen molar-refractivity contribution in [2.75, 3.05) is 13.7 Å². The summed E-state index contributed by atoms with van der Waals surface area (Å²) in [6, 6.07) is 6.63. The summed E-state index contributed by atoms with van der Waals surface area (Å²) in [6.07, 6.45) is 8.03. The maximum Gasteiger partial charge on any atom is 0.214 e. The van der Waals surface area contributed by atoms with Crippen molar-refractivity contribution in [1.82, 2.24) is 4.72 Å². The van der Waals surface area contributed by atoms with Gasteiger partial charge in [-0.1, -0.05) is 80.4 Å². The van der Waals surface area contributed by atoms with E-state index in [1.54, 1.807) is 7.11 Å². The predicted molar refractivity (Wildman–Crippen MR) is 169 cm³/mol. The van der Waals surface area contributed by atoms with Gasteiger partial charge in [0.2, 0.25) is 10.0 Å². The van der Waals surface area contributed by atoms with Gasteiger partial charge in [0.1, 0.15) is 5.75 Å². The Bertz CT molecular complexity index is 877. The van der Waals surface area contributed by atoms with Gasteiger partial charge in [-0.15, -0.1) is 0 Å². The van der Waals surface area contributed by atoms with Crippen LogP contribution in [0.25, 0.3) is 0 Å². The first-order valence-corrected chi connectivity index (χ1v) is 16.7. The third-order valence-corrected chi connectivity index (χ3v) is 9.52. The molecule has 230 valence electrons. The maximum absolute atomic E-state index is 11.1. The molecule has 0 atom stereocenters. The smallest absolute Gasteiger partial charge is 0.214 e. The minimum absolute atomic E-state index is 0.0330. The zero-order chi connectivity index (χ0) is 30.4. The highest BCUT2D eigenvalue weighted by Gasteiger charge is 2.35. The number of unbranched alkanes of at least 4 members (excludes halogenated alkanes) is 3. The van der Waals surface area contributed by atoms with Crippen LogP contribution >= 0.6 is 0 Å². The van der Waals surface area contributed by atoms with E-state index < -0.39 is 10.0 Å². The van der Waals surface area contributed by atoms with Gasteiger partial charge in [-0.25, -0.2) is 13.1 Å². The summed E-state index contributed by atoms with van der Waals surface area (Å²) in [5.41, 5.74) is 3.62. The number of rotatable bonds is 13. The molecule has 0 aromatic heterocycles. The molecule has 1 aliphatic carbocycles.